The van der Waals surface area contributed by atoms with Crippen molar-refractivity contribution in [2.24, 2.45) is 29.1 Å². The Morgan fingerprint density at radius 3 is 2.53 bits per heavy atom. The molecule has 19 heavy (non-hydrogen) atoms. The highest BCUT2D eigenvalue weighted by Gasteiger charge is 2.68. The third-order valence-corrected chi connectivity index (χ3v) is 7.61. The maximum Gasteiger partial charge on any atom is 0.229 e. The zero-order chi connectivity index (χ0) is 13.4. The van der Waals surface area contributed by atoms with Crippen molar-refractivity contribution in [1.82, 2.24) is 5.32 Å². The van der Waals surface area contributed by atoms with Crippen molar-refractivity contribution in [1.29, 1.82) is 0 Å². The average molecular weight is 302 g/mol. The zero-order valence-electron chi connectivity index (χ0n) is 11.3. The molecule has 4 rings (SSSR count). The van der Waals surface area contributed by atoms with Gasteiger partial charge in [-0.2, -0.15) is 0 Å². The third-order valence-electron chi connectivity index (χ3n) is 6.50. The Morgan fingerprint density at radius 2 is 1.84 bits per heavy atom. The highest BCUT2D eigenvalue weighted by Crippen LogP contribution is 2.64. The molecule has 1 N–H and O–H groups in total. The molecule has 2 nitrogen and oxygen atoms in total. The number of carbonyl (C=O) groups is 1. The number of rotatable bonds is 2. The molecule has 4 fully saturated rings. The van der Waals surface area contributed by atoms with Crippen LogP contribution in [-0.2, 0) is 4.79 Å². The largest absolute Gasteiger partial charge is 0.353 e. The number of halogens is 2. The van der Waals surface area contributed by atoms with Crippen LogP contribution in [0.4, 0.5) is 0 Å². The van der Waals surface area contributed by atoms with Crippen molar-refractivity contribution in [2.75, 3.05) is 0 Å². The molecule has 0 aromatic carbocycles. The van der Waals surface area contributed by atoms with Crippen molar-refractivity contribution in [3.63, 3.8) is 0 Å². The number of carbonyl (C=O) groups excluding carboxylic acids is 1. The smallest absolute Gasteiger partial charge is 0.229 e. The summed E-state index contributed by atoms with van der Waals surface area (Å²) in [6.07, 6.45) is 7.31. The molecule has 4 aliphatic carbocycles. The van der Waals surface area contributed by atoms with E-state index in [9.17, 15) is 4.79 Å². The summed E-state index contributed by atoms with van der Waals surface area (Å²) in [5.74, 6) is 3.52. The minimum Gasteiger partial charge on any atom is -0.353 e. The second-order valence-electron chi connectivity index (χ2n) is 7.45. The molecule has 106 valence electrons. The maximum absolute atomic E-state index is 12.4. The fourth-order valence-corrected chi connectivity index (χ4v) is 5.91. The lowest BCUT2D eigenvalue weighted by Gasteiger charge is -2.32. The van der Waals surface area contributed by atoms with E-state index >= 15 is 0 Å². The number of hydrogen-bond acceptors (Lipinski definition) is 1. The van der Waals surface area contributed by atoms with Crippen LogP contribution in [0, 0.1) is 29.1 Å². The maximum atomic E-state index is 12.4. The van der Waals surface area contributed by atoms with Gasteiger partial charge in [0, 0.05) is 6.04 Å². The fourth-order valence-electron chi connectivity index (χ4n) is 5.21. The van der Waals surface area contributed by atoms with Crippen molar-refractivity contribution in [2.45, 2.75) is 55.8 Å². The highest BCUT2D eigenvalue weighted by molar-refractivity contribution is 6.53. The Kier molecular flexibility index (Phi) is 2.57. The average Bonchev–Trinajstić information content (AvgIpc) is 2.79. The number of fused-ring (bicyclic) bond motifs is 5. The van der Waals surface area contributed by atoms with Crippen molar-refractivity contribution >= 4 is 29.1 Å². The third kappa shape index (κ3) is 1.65. The van der Waals surface area contributed by atoms with Crippen LogP contribution in [0.3, 0.4) is 0 Å². The van der Waals surface area contributed by atoms with Gasteiger partial charge in [-0.25, -0.2) is 0 Å². The minimum absolute atomic E-state index is 0.0737. The summed E-state index contributed by atoms with van der Waals surface area (Å²) in [6.45, 7) is 1.88. The molecule has 0 aromatic rings. The summed E-state index contributed by atoms with van der Waals surface area (Å²) in [6, 6.07) is 0.387. The molecule has 1 amide bonds. The molecular formula is C15H21Cl2NO. The number of nitrogens with one attached hydrogen (secondary N) is 1. The molecule has 0 spiro atoms. The molecule has 6 atom stereocenters. The van der Waals surface area contributed by atoms with Crippen LogP contribution < -0.4 is 5.32 Å². The van der Waals surface area contributed by atoms with Gasteiger partial charge in [0.1, 0.15) is 4.33 Å². The van der Waals surface area contributed by atoms with Gasteiger partial charge >= 0.3 is 0 Å². The summed E-state index contributed by atoms with van der Waals surface area (Å²) in [4.78, 5) is 12.4. The fraction of sp³-hybridized carbons (Fsp3) is 0.933. The van der Waals surface area contributed by atoms with E-state index in [0.29, 0.717) is 12.5 Å². The molecule has 2 bridgehead atoms. The van der Waals surface area contributed by atoms with Gasteiger partial charge in [0.05, 0.1) is 5.41 Å². The summed E-state index contributed by atoms with van der Waals surface area (Å²) >= 11 is 12.2. The zero-order valence-corrected chi connectivity index (χ0v) is 12.8. The number of amides is 1. The van der Waals surface area contributed by atoms with E-state index in [1.54, 1.807) is 0 Å². The van der Waals surface area contributed by atoms with Crippen LogP contribution in [0.15, 0.2) is 0 Å². The highest BCUT2D eigenvalue weighted by atomic mass is 35.5. The van der Waals surface area contributed by atoms with E-state index in [1.165, 1.54) is 32.1 Å². The lowest BCUT2D eigenvalue weighted by atomic mass is 9.79. The van der Waals surface area contributed by atoms with Crippen molar-refractivity contribution in [3.8, 4) is 0 Å². The molecule has 0 saturated heterocycles. The number of hydrogen-bond donors (Lipinski definition) is 1. The van der Waals surface area contributed by atoms with E-state index in [-0.39, 0.29) is 5.91 Å². The van der Waals surface area contributed by atoms with Crippen LogP contribution in [0.2, 0.25) is 0 Å². The second-order valence-corrected chi connectivity index (χ2v) is 8.93. The molecule has 0 radical (unpaired) electrons. The first-order valence-electron chi connectivity index (χ1n) is 7.61. The molecule has 4 heteroatoms. The Balaban J connectivity index is 1.44. The van der Waals surface area contributed by atoms with Gasteiger partial charge in [-0.15, -0.1) is 23.2 Å². The Hall–Kier alpha value is 0.0500. The first-order valence-corrected chi connectivity index (χ1v) is 8.37. The molecule has 0 aliphatic heterocycles. The number of alkyl halides is 2. The van der Waals surface area contributed by atoms with Crippen LogP contribution in [0.5, 0.6) is 0 Å². The summed E-state index contributed by atoms with van der Waals surface area (Å²) in [5, 5.41) is 3.27. The first kappa shape index (κ1) is 12.8. The van der Waals surface area contributed by atoms with Gasteiger partial charge in [-0.1, -0.05) is 6.42 Å². The van der Waals surface area contributed by atoms with Crippen LogP contribution in [0.1, 0.15) is 45.4 Å². The Morgan fingerprint density at radius 1 is 1.16 bits per heavy atom. The van der Waals surface area contributed by atoms with E-state index in [0.717, 1.165) is 23.7 Å². The van der Waals surface area contributed by atoms with Gasteiger partial charge in [-0.3, -0.25) is 4.79 Å². The van der Waals surface area contributed by atoms with E-state index in [1.807, 2.05) is 6.92 Å². The first-order chi connectivity index (χ1) is 8.92. The molecule has 0 unspecified atom stereocenters. The van der Waals surface area contributed by atoms with E-state index in [2.05, 4.69) is 5.32 Å². The quantitative estimate of drug-likeness (QED) is 0.777. The Labute approximate surface area is 124 Å². The summed E-state index contributed by atoms with van der Waals surface area (Å²) < 4.78 is -0.843. The van der Waals surface area contributed by atoms with E-state index in [4.69, 9.17) is 23.2 Å². The predicted octanol–water partition coefficient (Wildman–Crippen LogP) is 3.51. The normalized spacial score (nSPS) is 53.1. The van der Waals surface area contributed by atoms with Crippen LogP contribution in [-0.4, -0.2) is 16.3 Å². The predicted molar refractivity (Wildman–Crippen MR) is 76.1 cm³/mol. The SMILES string of the molecule is C[C@]1(C(=O)N[C@@H]2C[C@H]3C[C@H]2[C@@H]2CCC[C@H]32)CC1(Cl)Cl. The second kappa shape index (κ2) is 3.82. The van der Waals surface area contributed by atoms with Crippen LogP contribution in [0.25, 0.3) is 0 Å². The standard InChI is InChI=1S/C15H21Cl2NO/c1-14(7-15(14,16)17)13(19)18-12-6-8-5-11(12)10-4-2-3-9(8)10/h8-12H,2-7H2,1H3,(H,18,19)/t8-,9-,10-,11+,12-,14-/m1/s1. The van der Waals surface area contributed by atoms with Gasteiger partial charge in [0.2, 0.25) is 5.91 Å². The molecular weight excluding hydrogens is 281 g/mol. The summed E-state index contributed by atoms with van der Waals surface area (Å²) in [7, 11) is 0. The van der Waals surface area contributed by atoms with Gasteiger partial charge in [-0.05, 0) is 62.7 Å². The lowest BCUT2D eigenvalue weighted by Crippen LogP contribution is -2.45. The van der Waals surface area contributed by atoms with Crippen molar-refractivity contribution in [3.05, 3.63) is 0 Å². The van der Waals surface area contributed by atoms with Gasteiger partial charge < -0.3 is 5.32 Å². The molecule has 0 aromatic heterocycles. The molecule has 4 saturated carbocycles. The molecule has 0 heterocycles. The van der Waals surface area contributed by atoms with E-state index < -0.39 is 9.75 Å². The monoisotopic (exact) mass is 301 g/mol. The topological polar surface area (TPSA) is 29.1 Å². The van der Waals surface area contributed by atoms with Crippen molar-refractivity contribution < 1.29 is 4.79 Å². The summed E-state index contributed by atoms with van der Waals surface area (Å²) in [5.41, 5.74) is -0.562. The van der Waals surface area contributed by atoms with Gasteiger partial charge in [0.25, 0.3) is 0 Å². The lowest BCUT2D eigenvalue weighted by molar-refractivity contribution is -0.127. The minimum atomic E-state index is -0.843. The van der Waals surface area contributed by atoms with Crippen LogP contribution >= 0.6 is 23.2 Å². The van der Waals surface area contributed by atoms with Gasteiger partial charge in [0.15, 0.2) is 0 Å². The Bertz CT molecular complexity index is 438. The molecule has 4 aliphatic rings.